The molecule has 0 saturated heterocycles. The van der Waals surface area contributed by atoms with Crippen LogP contribution in [-0.2, 0) is 7.05 Å². The Bertz CT molecular complexity index is 220. The first-order chi connectivity index (χ1) is 4.20. The van der Waals surface area contributed by atoms with Gasteiger partial charge >= 0.3 is 0 Å². The van der Waals surface area contributed by atoms with Crippen LogP contribution in [0.2, 0.25) is 0 Å². The summed E-state index contributed by atoms with van der Waals surface area (Å²) in [7, 11) is 2.00. The zero-order chi connectivity index (χ0) is 6.85. The van der Waals surface area contributed by atoms with Gasteiger partial charge in [0.15, 0.2) is 6.20 Å². The number of aryl methyl sites for hydroxylation is 2. The Labute approximate surface area is 63.5 Å². The number of hydrogen-bond acceptors (Lipinski definition) is 0. The normalized spacial score (nSPS) is 9.67. The molecular formula is C7H9BrN+. The molecule has 0 amide bonds. The van der Waals surface area contributed by atoms with Crippen LogP contribution < -0.4 is 4.57 Å². The van der Waals surface area contributed by atoms with E-state index in [1.165, 1.54) is 5.56 Å². The molecule has 0 N–H and O–H groups in total. The Hall–Kier alpha value is -0.370. The lowest BCUT2D eigenvalue weighted by atomic mass is 10.3. The smallest absolute Gasteiger partial charge is 0.196 e. The number of pyridine rings is 1. The van der Waals surface area contributed by atoms with Crippen molar-refractivity contribution < 1.29 is 4.57 Å². The monoisotopic (exact) mass is 186 g/mol. The van der Waals surface area contributed by atoms with E-state index in [1.807, 2.05) is 17.8 Å². The van der Waals surface area contributed by atoms with Crippen molar-refractivity contribution in [2.24, 2.45) is 7.05 Å². The van der Waals surface area contributed by atoms with E-state index in [1.54, 1.807) is 0 Å². The standard InChI is InChI=1S/C7H9BrN/c1-6-3-4-9(2)7(8)5-6/h3-5H,1-2H3/q+1. The van der Waals surface area contributed by atoms with Crippen molar-refractivity contribution in [1.82, 2.24) is 0 Å². The van der Waals surface area contributed by atoms with Crippen molar-refractivity contribution in [3.63, 3.8) is 0 Å². The van der Waals surface area contributed by atoms with Gasteiger partial charge in [0.1, 0.15) is 7.05 Å². The lowest BCUT2D eigenvalue weighted by molar-refractivity contribution is -0.682. The van der Waals surface area contributed by atoms with E-state index in [0.717, 1.165) is 4.60 Å². The van der Waals surface area contributed by atoms with Crippen molar-refractivity contribution in [2.45, 2.75) is 6.92 Å². The molecule has 0 bridgehead atoms. The lowest BCUT2D eigenvalue weighted by Gasteiger charge is -1.90. The molecule has 0 spiro atoms. The Morgan fingerprint density at radius 2 is 2.22 bits per heavy atom. The average molecular weight is 187 g/mol. The van der Waals surface area contributed by atoms with Gasteiger partial charge in [-0.15, -0.1) is 0 Å². The maximum atomic E-state index is 3.41. The van der Waals surface area contributed by atoms with Crippen LogP contribution in [0.3, 0.4) is 0 Å². The minimum atomic E-state index is 1.11. The molecule has 0 atom stereocenters. The summed E-state index contributed by atoms with van der Waals surface area (Å²) in [5.41, 5.74) is 1.28. The van der Waals surface area contributed by atoms with Gasteiger partial charge in [0.2, 0.25) is 4.60 Å². The van der Waals surface area contributed by atoms with E-state index in [2.05, 4.69) is 35.0 Å². The fourth-order valence-corrected chi connectivity index (χ4v) is 1.12. The molecule has 0 aliphatic carbocycles. The van der Waals surface area contributed by atoms with Crippen molar-refractivity contribution in [1.29, 1.82) is 0 Å². The predicted molar refractivity (Wildman–Crippen MR) is 40.1 cm³/mol. The van der Waals surface area contributed by atoms with Crippen LogP contribution in [0.1, 0.15) is 5.56 Å². The first-order valence-corrected chi connectivity index (χ1v) is 3.61. The first kappa shape index (κ1) is 6.75. The summed E-state index contributed by atoms with van der Waals surface area (Å²) in [6, 6.07) is 4.16. The third-order valence-electron chi connectivity index (χ3n) is 1.24. The highest BCUT2D eigenvalue weighted by molar-refractivity contribution is 9.10. The largest absolute Gasteiger partial charge is 0.247 e. The van der Waals surface area contributed by atoms with Crippen LogP contribution in [0, 0.1) is 6.92 Å². The molecule has 0 aromatic carbocycles. The maximum absolute atomic E-state index is 3.41. The van der Waals surface area contributed by atoms with Gasteiger partial charge in [0.05, 0.1) is 0 Å². The number of nitrogens with zero attached hydrogens (tertiary/aromatic N) is 1. The van der Waals surface area contributed by atoms with Crippen molar-refractivity contribution in [3.05, 3.63) is 28.5 Å². The van der Waals surface area contributed by atoms with Gasteiger partial charge in [-0.1, -0.05) is 0 Å². The SMILES string of the molecule is Cc1cc[n+](C)c(Br)c1. The summed E-state index contributed by atoms with van der Waals surface area (Å²) in [6.45, 7) is 2.07. The molecular weight excluding hydrogens is 178 g/mol. The highest BCUT2D eigenvalue weighted by atomic mass is 79.9. The first-order valence-electron chi connectivity index (χ1n) is 2.82. The molecule has 0 saturated carbocycles. The van der Waals surface area contributed by atoms with Crippen molar-refractivity contribution >= 4 is 15.9 Å². The molecule has 0 aliphatic rings. The zero-order valence-electron chi connectivity index (χ0n) is 5.56. The second-order valence-corrected chi connectivity index (χ2v) is 2.95. The van der Waals surface area contributed by atoms with Crippen LogP contribution >= 0.6 is 15.9 Å². The van der Waals surface area contributed by atoms with E-state index in [9.17, 15) is 0 Å². The minimum absolute atomic E-state index is 1.11. The van der Waals surface area contributed by atoms with Gasteiger partial charge < -0.3 is 0 Å². The molecule has 1 aromatic rings. The average Bonchev–Trinajstić information content (AvgIpc) is 1.80. The van der Waals surface area contributed by atoms with Gasteiger partial charge in [-0.3, -0.25) is 0 Å². The maximum Gasteiger partial charge on any atom is 0.247 e. The Kier molecular flexibility index (Phi) is 1.86. The van der Waals surface area contributed by atoms with Crippen LogP contribution in [0.5, 0.6) is 0 Å². The van der Waals surface area contributed by atoms with Gasteiger partial charge in [-0.25, -0.2) is 0 Å². The molecule has 9 heavy (non-hydrogen) atoms. The number of halogens is 1. The zero-order valence-corrected chi connectivity index (χ0v) is 7.14. The highest BCUT2D eigenvalue weighted by Gasteiger charge is 1.98. The molecule has 0 unspecified atom stereocenters. The molecule has 1 heterocycles. The summed E-state index contributed by atoms with van der Waals surface area (Å²) in [5, 5.41) is 0. The minimum Gasteiger partial charge on any atom is -0.196 e. The van der Waals surface area contributed by atoms with E-state index < -0.39 is 0 Å². The summed E-state index contributed by atoms with van der Waals surface area (Å²) >= 11 is 3.41. The topological polar surface area (TPSA) is 3.88 Å². The predicted octanol–water partition coefficient (Wildman–Crippen LogP) is 1.58. The second kappa shape index (κ2) is 2.48. The van der Waals surface area contributed by atoms with Gasteiger partial charge in [-0.05, 0) is 12.5 Å². The second-order valence-electron chi connectivity index (χ2n) is 2.14. The highest BCUT2D eigenvalue weighted by Crippen LogP contribution is 2.03. The summed E-state index contributed by atoms with van der Waals surface area (Å²) in [5.74, 6) is 0. The van der Waals surface area contributed by atoms with Crippen LogP contribution in [-0.4, -0.2) is 0 Å². The summed E-state index contributed by atoms with van der Waals surface area (Å²) in [6.07, 6.45) is 2.03. The van der Waals surface area contributed by atoms with E-state index in [-0.39, 0.29) is 0 Å². The quantitative estimate of drug-likeness (QED) is 0.428. The fraction of sp³-hybridized carbons (Fsp3) is 0.286. The van der Waals surface area contributed by atoms with E-state index in [0.29, 0.717) is 0 Å². The Morgan fingerprint density at radius 3 is 2.67 bits per heavy atom. The van der Waals surface area contributed by atoms with Crippen LogP contribution in [0.4, 0.5) is 0 Å². The molecule has 0 aliphatic heterocycles. The summed E-state index contributed by atoms with van der Waals surface area (Å²) < 4.78 is 3.13. The molecule has 48 valence electrons. The molecule has 1 nitrogen and oxygen atoms in total. The Balaban J connectivity index is 3.17. The number of hydrogen-bond donors (Lipinski definition) is 0. The summed E-state index contributed by atoms with van der Waals surface area (Å²) in [4.78, 5) is 0. The third-order valence-corrected chi connectivity index (χ3v) is 2.03. The van der Waals surface area contributed by atoms with Gasteiger partial charge in [-0.2, -0.15) is 4.57 Å². The molecule has 0 radical (unpaired) electrons. The van der Waals surface area contributed by atoms with Crippen molar-refractivity contribution in [3.8, 4) is 0 Å². The van der Waals surface area contributed by atoms with E-state index >= 15 is 0 Å². The van der Waals surface area contributed by atoms with Crippen molar-refractivity contribution in [2.75, 3.05) is 0 Å². The van der Waals surface area contributed by atoms with Crippen LogP contribution in [0.25, 0.3) is 0 Å². The lowest BCUT2D eigenvalue weighted by Crippen LogP contribution is -2.28. The van der Waals surface area contributed by atoms with E-state index in [4.69, 9.17) is 0 Å². The third kappa shape index (κ3) is 1.52. The number of rotatable bonds is 0. The molecule has 1 aromatic heterocycles. The molecule has 2 heteroatoms. The fourth-order valence-electron chi connectivity index (χ4n) is 0.638. The van der Waals surface area contributed by atoms with Gasteiger partial charge in [0, 0.05) is 28.1 Å². The van der Waals surface area contributed by atoms with Crippen LogP contribution in [0.15, 0.2) is 22.9 Å². The molecule has 0 fully saturated rings. The van der Waals surface area contributed by atoms with Gasteiger partial charge in [0.25, 0.3) is 0 Å². The molecule has 1 rings (SSSR count). The Morgan fingerprint density at radius 1 is 1.56 bits per heavy atom. The number of aromatic nitrogens is 1.